The van der Waals surface area contributed by atoms with Gasteiger partial charge in [0, 0.05) is 25.6 Å². The van der Waals surface area contributed by atoms with Gasteiger partial charge in [0.1, 0.15) is 5.82 Å². The van der Waals surface area contributed by atoms with Crippen LogP contribution in [0.25, 0.3) is 0 Å². The summed E-state index contributed by atoms with van der Waals surface area (Å²) in [6, 6.07) is 6.58. The first-order valence-electron chi connectivity index (χ1n) is 6.36. The van der Waals surface area contributed by atoms with Gasteiger partial charge in [-0.15, -0.1) is 0 Å². The first kappa shape index (κ1) is 14.6. The molecule has 3 nitrogen and oxygen atoms in total. The number of halogens is 1. The molecule has 1 amide bonds. The number of amides is 1. The molecule has 0 spiro atoms. The van der Waals surface area contributed by atoms with Crippen LogP contribution in [0.4, 0.5) is 4.39 Å². The lowest BCUT2D eigenvalue weighted by atomic mass is 10.2. The predicted octanol–water partition coefficient (Wildman–Crippen LogP) is 2.22. The Morgan fingerprint density at radius 2 is 2.00 bits per heavy atom. The molecule has 2 N–H and O–H groups in total. The second-order valence-corrected chi connectivity index (χ2v) is 4.42. The van der Waals surface area contributed by atoms with Crippen molar-refractivity contribution < 1.29 is 9.18 Å². The summed E-state index contributed by atoms with van der Waals surface area (Å²) in [4.78, 5) is 11.5. The summed E-state index contributed by atoms with van der Waals surface area (Å²) in [5.41, 5.74) is 0.902. The monoisotopic (exact) mass is 252 g/mol. The zero-order chi connectivity index (χ0) is 13.4. The summed E-state index contributed by atoms with van der Waals surface area (Å²) >= 11 is 0. The van der Waals surface area contributed by atoms with Crippen molar-refractivity contribution in [2.75, 3.05) is 6.54 Å². The van der Waals surface area contributed by atoms with Gasteiger partial charge in [0.05, 0.1) is 0 Å². The van der Waals surface area contributed by atoms with Gasteiger partial charge in [-0.2, -0.15) is 0 Å². The highest BCUT2D eigenvalue weighted by atomic mass is 19.1. The molecular weight excluding hydrogens is 231 g/mol. The summed E-state index contributed by atoms with van der Waals surface area (Å²) in [7, 11) is 0. The van der Waals surface area contributed by atoms with Crippen LogP contribution < -0.4 is 10.6 Å². The van der Waals surface area contributed by atoms with Gasteiger partial charge in [0.2, 0.25) is 5.91 Å². The lowest BCUT2D eigenvalue weighted by Crippen LogP contribution is -2.31. The Morgan fingerprint density at radius 1 is 1.33 bits per heavy atom. The lowest BCUT2D eigenvalue weighted by Gasteiger charge is -2.11. The van der Waals surface area contributed by atoms with Crippen LogP contribution in [0, 0.1) is 5.82 Å². The molecule has 0 aliphatic carbocycles. The van der Waals surface area contributed by atoms with E-state index in [1.54, 1.807) is 12.1 Å². The zero-order valence-electron chi connectivity index (χ0n) is 11.0. The molecule has 0 aliphatic heterocycles. The second-order valence-electron chi connectivity index (χ2n) is 4.42. The molecule has 1 aromatic rings. The highest BCUT2D eigenvalue weighted by Gasteiger charge is 2.03. The Labute approximate surface area is 108 Å². The maximum absolute atomic E-state index is 12.7. The molecule has 0 aromatic heterocycles. The Morgan fingerprint density at radius 3 is 2.61 bits per heavy atom. The van der Waals surface area contributed by atoms with Gasteiger partial charge >= 0.3 is 0 Å². The van der Waals surface area contributed by atoms with Crippen LogP contribution in [0.1, 0.15) is 32.3 Å². The summed E-state index contributed by atoms with van der Waals surface area (Å²) in [6.07, 6.45) is 1.52. The summed E-state index contributed by atoms with van der Waals surface area (Å²) in [5, 5.41) is 6.07. The molecule has 1 aromatic carbocycles. The van der Waals surface area contributed by atoms with Gasteiger partial charge in [-0.1, -0.05) is 19.1 Å². The topological polar surface area (TPSA) is 41.1 Å². The standard InChI is InChI=1S/C14H21FN2O/c1-3-11(2)16-9-8-14(18)17-10-12-4-6-13(15)7-5-12/h4-7,11,16H,3,8-10H2,1-2H3,(H,17,18). The van der Waals surface area contributed by atoms with E-state index >= 15 is 0 Å². The number of hydrogen-bond donors (Lipinski definition) is 2. The van der Waals surface area contributed by atoms with Gasteiger partial charge in [-0.3, -0.25) is 4.79 Å². The number of rotatable bonds is 7. The molecule has 4 heteroatoms. The predicted molar refractivity (Wildman–Crippen MR) is 70.6 cm³/mol. The SMILES string of the molecule is CCC(C)NCCC(=O)NCc1ccc(F)cc1. The third-order valence-corrected chi connectivity index (χ3v) is 2.86. The van der Waals surface area contributed by atoms with Crippen LogP contribution in [-0.2, 0) is 11.3 Å². The van der Waals surface area contributed by atoms with E-state index in [2.05, 4.69) is 24.5 Å². The van der Waals surface area contributed by atoms with Gasteiger partial charge in [-0.25, -0.2) is 4.39 Å². The maximum Gasteiger partial charge on any atom is 0.221 e. The first-order valence-corrected chi connectivity index (χ1v) is 6.36. The number of carbonyl (C=O) groups excluding carboxylic acids is 1. The van der Waals surface area contributed by atoms with Crippen LogP contribution in [0.2, 0.25) is 0 Å². The van der Waals surface area contributed by atoms with E-state index in [0.717, 1.165) is 12.0 Å². The van der Waals surface area contributed by atoms with Crippen LogP contribution in [0.15, 0.2) is 24.3 Å². The van der Waals surface area contributed by atoms with E-state index in [4.69, 9.17) is 0 Å². The van der Waals surface area contributed by atoms with E-state index in [1.165, 1.54) is 12.1 Å². The molecule has 1 rings (SSSR count). The highest BCUT2D eigenvalue weighted by Crippen LogP contribution is 2.02. The lowest BCUT2D eigenvalue weighted by molar-refractivity contribution is -0.121. The summed E-state index contributed by atoms with van der Waals surface area (Å²) in [5.74, 6) is -0.252. The van der Waals surface area contributed by atoms with E-state index in [0.29, 0.717) is 25.6 Å². The van der Waals surface area contributed by atoms with E-state index < -0.39 is 0 Å². The van der Waals surface area contributed by atoms with Crippen molar-refractivity contribution in [1.82, 2.24) is 10.6 Å². The van der Waals surface area contributed by atoms with Crippen LogP contribution in [0.5, 0.6) is 0 Å². The Kier molecular flexibility index (Phi) is 6.36. The molecule has 1 atom stereocenters. The largest absolute Gasteiger partial charge is 0.352 e. The minimum Gasteiger partial charge on any atom is -0.352 e. The molecule has 18 heavy (non-hydrogen) atoms. The minimum absolute atomic E-state index is 0.00938. The normalized spacial score (nSPS) is 12.2. The highest BCUT2D eigenvalue weighted by molar-refractivity contribution is 5.76. The molecule has 0 saturated heterocycles. The molecule has 0 bridgehead atoms. The fourth-order valence-electron chi connectivity index (χ4n) is 1.47. The number of carbonyl (C=O) groups is 1. The van der Waals surface area contributed by atoms with Crippen molar-refractivity contribution in [1.29, 1.82) is 0 Å². The zero-order valence-corrected chi connectivity index (χ0v) is 11.0. The number of nitrogens with one attached hydrogen (secondary N) is 2. The fourth-order valence-corrected chi connectivity index (χ4v) is 1.47. The second kappa shape index (κ2) is 7.82. The maximum atomic E-state index is 12.7. The van der Waals surface area contributed by atoms with Crippen LogP contribution in [-0.4, -0.2) is 18.5 Å². The van der Waals surface area contributed by atoms with Crippen molar-refractivity contribution in [3.8, 4) is 0 Å². The third kappa shape index (κ3) is 5.77. The van der Waals surface area contributed by atoms with Crippen molar-refractivity contribution in [3.05, 3.63) is 35.6 Å². The van der Waals surface area contributed by atoms with Crippen molar-refractivity contribution >= 4 is 5.91 Å². The molecule has 0 heterocycles. The number of hydrogen-bond acceptors (Lipinski definition) is 2. The molecule has 0 aliphatic rings. The van der Waals surface area contributed by atoms with Crippen molar-refractivity contribution in [2.45, 2.75) is 39.3 Å². The third-order valence-electron chi connectivity index (χ3n) is 2.86. The molecular formula is C14H21FN2O. The van der Waals surface area contributed by atoms with E-state index in [-0.39, 0.29) is 11.7 Å². The molecule has 0 fully saturated rings. The molecule has 100 valence electrons. The quantitative estimate of drug-likeness (QED) is 0.781. The van der Waals surface area contributed by atoms with Gasteiger partial charge in [0.15, 0.2) is 0 Å². The van der Waals surface area contributed by atoms with Gasteiger partial charge in [-0.05, 0) is 31.0 Å². The molecule has 0 saturated carbocycles. The number of benzene rings is 1. The van der Waals surface area contributed by atoms with Gasteiger partial charge < -0.3 is 10.6 Å². The summed E-state index contributed by atoms with van der Waals surface area (Å²) < 4.78 is 12.7. The fraction of sp³-hybridized carbons (Fsp3) is 0.500. The van der Waals surface area contributed by atoms with Crippen LogP contribution >= 0.6 is 0 Å². The smallest absolute Gasteiger partial charge is 0.221 e. The molecule has 0 radical (unpaired) electrons. The average Bonchev–Trinajstić information content (AvgIpc) is 2.38. The van der Waals surface area contributed by atoms with E-state index in [1.807, 2.05) is 0 Å². The van der Waals surface area contributed by atoms with Crippen molar-refractivity contribution in [3.63, 3.8) is 0 Å². The average molecular weight is 252 g/mol. The Hall–Kier alpha value is -1.42. The van der Waals surface area contributed by atoms with Crippen molar-refractivity contribution in [2.24, 2.45) is 0 Å². The van der Waals surface area contributed by atoms with Gasteiger partial charge in [0.25, 0.3) is 0 Å². The van der Waals surface area contributed by atoms with E-state index in [9.17, 15) is 9.18 Å². The Bertz CT molecular complexity index is 365. The first-order chi connectivity index (χ1) is 8.61. The molecule has 1 unspecified atom stereocenters. The Balaban J connectivity index is 2.19. The minimum atomic E-state index is -0.261. The van der Waals surface area contributed by atoms with Crippen LogP contribution in [0.3, 0.4) is 0 Å². The summed E-state index contributed by atoms with van der Waals surface area (Å²) in [6.45, 7) is 5.33.